The molecule has 1 aliphatic carbocycles. The fourth-order valence-electron chi connectivity index (χ4n) is 3.91. The van der Waals surface area contributed by atoms with E-state index in [2.05, 4.69) is 26.0 Å². The molecule has 2 aromatic rings. The minimum absolute atomic E-state index is 0.197. The normalized spacial score (nSPS) is 31.5. The van der Waals surface area contributed by atoms with Gasteiger partial charge in [0, 0.05) is 0 Å². The van der Waals surface area contributed by atoms with Gasteiger partial charge in [-0.3, -0.25) is 0 Å². The number of hydrogen-bond acceptors (Lipinski definition) is 2. The Bertz CT molecular complexity index is 593. The average molecular weight is 282 g/mol. The van der Waals surface area contributed by atoms with E-state index in [9.17, 15) is 5.11 Å². The van der Waals surface area contributed by atoms with Gasteiger partial charge in [-0.15, -0.1) is 0 Å². The molecule has 0 saturated heterocycles. The molecule has 21 heavy (non-hydrogen) atoms. The topological polar surface area (TPSA) is 29.5 Å². The predicted octanol–water partition coefficient (Wildman–Crippen LogP) is 3.95. The lowest BCUT2D eigenvalue weighted by Gasteiger charge is -2.57. The molecule has 2 aromatic carbocycles. The smallest absolute Gasteiger partial charge is 0.118 e. The minimum Gasteiger partial charge on any atom is -0.497 e. The predicted molar refractivity (Wildman–Crippen MR) is 84.4 cm³/mol. The molecule has 0 heterocycles. The van der Waals surface area contributed by atoms with E-state index in [-0.39, 0.29) is 11.8 Å². The summed E-state index contributed by atoms with van der Waals surface area (Å²) in [4.78, 5) is 0. The quantitative estimate of drug-likeness (QED) is 0.923. The summed E-state index contributed by atoms with van der Waals surface area (Å²) in [6.45, 7) is 4.28. The lowest BCUT2D eigenvalue weighted by molar-refractivity contribution is -0.164. The largest absolute Gasteiger partial charge is 0.497 e. The summed E-state index contributed by atoms with van der Waals surface area (Å²) in [5, 5.41) is 11.1. The highest BCUT2D eigenvalue weighted by Gasteiger charge is 2.57. The van der Waals surface area contributed by atoms with E-state index in [0.29, 0.717) is 5.92 Å². The van der Waals surface area contributed by atoms with Gasteiger partial charge in [-0.05, 0) is 41.0 Å². The molecule has 2 heteroatoms. The molecule has 1 saturated carbocycles. The van der Waals surface area contributed by atoms with Gasteiger partial charge in [-0.1, -0.05) is 56.3 Å². The van der Waals surface area contributed by atoms with Crippen LogP contribution in [0.2, 0.25) is 0 Å². The molecular weight excluding hydrogens is 260 g/mol. The van der Waals surface area contributed by atoms with E-state index >= 15 is 0 Å². The third-order valence-electron chi connectivity index (χ3n) is 5.20. The number of benzene rings is 2. The van der Waals surface area contributed by atoms with Crippen molar-refractivity contribution in [3.05, 3.63) is 65.7 Å². The molecule has 0 radical (unpaired) electrons. The van der Waals surface area contributed by atoms with Crippen LogP contribution in [0.4, 0.5) is 0 Å². The number of hydrogen-bond donors (Lipinski definition) is 1. The van der Waals surface area contributed by atoms with Crippen molar-refractivity contribution in [2.75, 3.05) is 7.11 Å². The van der Waals surface area contributed by atoms with Crippen LogP contribution >= 0.6 is 0 Å². The van der Waals surface area contributed by atoms with Gasteiger partial charge in [0.25, 0.3) is 0 Å². The second kappa shape index (κ2) is 5.19. The standard InChI is InChI=1S/C19H22O2/c1-13-18(15-9-11-17(21-3)12-10-15)14(2)19(13,20)16-7-5-4-6-8-16/h4-14,18,20H,1-3H3/t13-,14+,18?,19?. The molecule has 0 aliphatic heterocycles. The van der Waals surface area contributed by atoms with Crippen molar-refractivity contribution >= 4 is 0 Å². The lowest BCUT2D eigenvalue weighted by Crippen LogP contribution is -2.56. The lowest BCUT2D eigenvalue weighted by atomic mass is 9.51. The van der Waals surface area contributed by atoms with E-state index in [1.807, 2.05) is 42.5 Å². The minimum atomic E-state index is -0.730. The first-order valence-electron chi connectivity index (χ1n) is 7.51. The third-order valence-corrected chi connectivity index (χ3v) is 5.20. The molecule has 0 aromatic heterocycles. The fraction of sp³-hybridized carbons (Fsp3) is 0.368. The zero-order valence-corrected chi connectivity index (χ0v) is 12.8. The van der Waals surface area contributed by atoms with Crippen LogP contribution < -0.4 is 4.74 Å². The van der Waals surface area contributed by atoms with E-state index in [4.69, 9.17) is 4.74 Å². The maximum absolute atomic E-state index is 11.1. The van der Waals surface area contributed by atoms with Gasteiger partial charge >= 0.3 is 0 Å². The Balaban J connectivity index is 1.88. The van der Waals surface area contributed by atoms with Crippen molar-refractivity contribution in [3.8, 4) is 5.75 Å². The van der Waals surface area contributed by atoms with Gasteiger partial charge in [-0.2, -0.15) is 0 Å². The van der Waals surface area contributed by atoms with Crippen LogP contribution in [0.15, 0.2) is 54.6 Å². The Morgan fingerprint density at radius 3 is 2.00 bits per heavy atom. The molecule has 3 rings (SSSR count). The first-order chi connectivity index (χ1) is 10.1. The average Bonchev–Trinajstić information content (AvgIpc) is 2.55. The number of rotatable bonds is 3. The first-order valence-corrected chi connectivity index (χ1v) is 7.51. The van der Waals surface area contributed by atoms with Gasteiger partial charge in [0.2, 0.25) is 0 Å². The second-order valence-electron chi connectivity index (χ2n) is 6.07. The van der Waals surface area contributed by atoms with E-state index in [1.165, 1.54) is 5.56 Å². The van der Waals surface area contributed by atoms with Crippen LogP contribution in [0.1, 0.15) is 30.9 Å². The highest BCUT2D eigenvalue weighted by molar-refractivity contribution is 5.37. The highest BCUT2D eigenvalue weighted by atomic mass is 16.5. The second-order valence-corrected chi connectivity index (χ2v) is 6.07. The van der Waals surface area contributed by atoms with Crippen molar-refractivity contribution < 1.29 is 9.84 Å². The summed E-state index contributed by atoms with van der Waals surface area (Å²) in [5.74, 6) is 1.64. The van der Waals surface area contributed by atoms with E-state index in [1.54, 1.807) is 7.11 Å². The molecule has 2 nitrogen and oxygen atoms in total. The third kappa shape index (κ3) is 2.06. The molecule has 0 amide bonds. The maximum atomic E-state index is 11.1. The van der Waals surface area contributed by atoms with Crippen molar-refractivity contribution in [2.45, 2.75) is 25.4 Å². The molecule has 4 atom stereocenters. The molecule has 1 fully saturated rings. The summed E-state index contributed by atoms with van der Waals surface area (Å²) >= 11 is 0. The number of methoxy groups -OCH3 is 1. The number of aliphatic hydroxyl groups is 1. The van der Waals surface area contributed by atoms with Crippen molar-refractivity contribution in [1.29, 1.82) is 0 Å². The Morgan fingerprint density at radius 2 is 1.48 bits per heavy atom. The van der Waals surface area contributed by atoms with E-state index < -0.39 is 5.60 Å². The Kier molecular flexibility index (Phi) is 3.50. The van der Waals surface area contributed by atoms with Crippen LogP contribution in [0.5, 0.6) is 5.75 Å². The van der Waals surface area contributed by atoms with Crippen molar-refractivity contribution in [3.63, 3.8) is 0 Å². The maximum Gasteiger partial charge on any atom is 0.118 e. The fourth-order valence-corrected chi connectivity index (χ4v) is 3.91. The zero-order valence-electron chi connectivity index (χ0n) is 12.8. The molecule has 0 bridgehead atoms. The van der Waals surface area contributed by atoms with Gasteiger partial charge in [0.1, 0.15) is 5.75 Å². The summed E-state index contributed by atoms with van der Waals surface area (Å²) < 4.78 is 5.22. The molecular formula is C19H22O2. The van der Waals surface area contributed by atoms with E-state index in [0.717, 1.165) is 11.3 Å². The summed E-state index contributed by atoms with van der Waals surface area (Å²) in [6.07, 6.45) is 0. The van der Waals surface area contributed by atoms with Gasteiger partial charge in [0.15, 0.2) is 0 Å². The Morgan fingerprint density at radius 1 is 0.905 bits per heavy atom. The van der Waals surface area contributed by atoms with Crippen LogP contribution in [0.25, 0.3) is 0 Å². The van der Waals surface area contributed by atoms with Crippen LogP contribution in [0, 0.1) is 11.8 Å². The Labute approximate surface area is 126 Å². The monoisotopic (exact) mass is 282 g/mol. The van der Waals surface area contributed by atoms with Crippen LogP contribution in [0.3, 0.4) is 0 Å². The summed E-state index contributed by atoms with van der Waals surface area (Å²) in [6, 6.07) is 18.2. The SMILES string of the molecule is COc1ccc(C2[C@@H](C)C(O)(c3ccccc3)[C@H]2C)cc1. The molecule has 1 N–H and O–H groups in total. The van der Waals surface area contributed by atoms with Crippen molar-refractivity contribution in [1.82, 2.24) is 0 Å². The van der Waals surface area contributed by atoms with Gasteiger partial charge in [-0.25, -0.2) is 0 Å². The molecule has 1 aliphatic rings. The first kappa shape index (κ1) is 14.2. The zero-order chi connectivity index (χ0) is 15.0. The molecule has 110 valence electrons. The van der Waals surface area contributed by atoms with Crippen LogP contribution in [-0.2, 0) is 5.60 Å². The summed E-state index contributed by atoms with van der Waals surface area (Å²) in [7, 11) is 1.68. The molecule has 0 spiro atoms. The number of ether oxygens (including phenoxy) is 1. The van der Waals surface area contributed by atoms with Gasteiger partial charge in [0.05, 0.1) is 12.7 Å². The van der Waals surface area contributed by atoms with Crippen LogP contribution in [-0.4, -0.2) is 12.2 Å². The highest BCUT2D eigenvalue weighted by Crippen LogP contribution is 2.59. The molecule has 2 unspecified atom stereocenters. The summed E-state index contributed by atoms with van der Waals surface area (Å²) in [5.41, 5.74) is 1.57. The Hall–Kier alpha value is -1.80. The van der Waals surface area contributed by atoms with Crippen molar-refractivity contribution in [2.24, 2.45) is 11.8 Å². The van der Waals surface area contributed by atoms with Gasteiger partial charge < -0.3 is 9.84 Å².